The third-order valence-corrected chi connectivity index (χ3v) is 5.19. The van der Waals surface area contributed by atoms with Crippen LogP contribution in [0.2, 0.25) is 10.0 Å². The average Bonchev–Trinajstić information content (AvgIpc) is 3.01. The number of carbonyl (C=O) groups is 1. The van der Waals surface area contributed by atoms with Crippen molar-refractivity contribution < 1.29 is 4.79 Å². The van der Waals surface area contributed by atoms with Crippen LogP contribution in [-0.4, -0.2) is 51.2 Å². The van der Waals surface area contributed by atoms with Crippen LogP contribution in [0.1, 0.15) is 42.6 Å². The first-order chi connectivity index (χ1) is 12.5. The number of piperidine rings is 1. The van der Waals surface area contributed by atoms with Crippen molar-refractivity contribution in [3.63, 3.8) is 0 Å². The minimum Gasteiger partial charge on any atom is -0.333 e. The molecule has 0 saturated carbocycles. The summed E-state index contributed by atoms with van der Waals surface area (Å²) >= 11 is 12.6. The van der Waals surface area contributed by atoms with Crippen molar-refractivity contribution in [1.82, 2.24) is 25.0 Å². The molecule has 0 spiro atoms. The van der Waals surface area contributed by atoms with Crippen molar-refractivity contribution >= 4 is 29.1 Å². The third kappa shape index (κ3) is 3.87. The molecule has 8 heteroatoms. The lowest BCUT2D eigenvalue weighted by molar-refractivity contribution is 0.0630. The summed E-state index contributed by atoms with van der Waals surface area (Å²) in [6.45, 7) is 6.41. The fourth-order valence-electron chi connectivity index (χ4n) is 3.32. The van der Waals surface area contributed by atoms with Gasteiger partial charge >= 0.3 is 0 Å². The first-order valence-corrected chi connectivity index (χ1v) is 9.68. The molecule has 1 N–H and O–H groups in total. The molecule has 1 fully saturated rings. The number of hydrogen-bond acceptors (Lipinski definition) is 4. The maximum absolute atomic E-state index is 13.1. The van der Waals surface area contributed by atoms with E-state index in [1.165, 1.54) is 0 Å². The molecule has 6 nitrogen and oxygen atoms in total. The highest BCUT2D eigenvalue weighted by atomic mass is 35.5. The molecule has 0 radical (unpaired) electrons. The molecule has 26 heavy (non-hydrogen) atoms. The van der Waals surface area contributed by atoms with E-state index in [0.29, 0.717) is 28.1 Å². The normalized spacial score (nSPS) is 15.2. The van der Waals surface area contributed by atoms with Crippen LogP contribution in [0, 0.1) is 6.92 Å². The lowest BCUT2D eigenvalue weighted by Gasteiger charge is -2.33. The first-order valence-electron chi connectivity index (χ1n) is 8.92. The van der Waals surface area contributed by atoms with Crippen molar-refractivity contribution in [3.05, 3.63) is 39.9 Å². The van der Waals surface area contributed by atoms with Crippen LogP contribution in [0.4, 0.5) is 0 Å². The van der Waals surface area contributed by atoms with Gasteiger partial charge < -0.3 is 10.2 Å². The summed E-state index contributed by atoms with van der Waals surface area (Å²) < 4.78 is 1.55. The summed E-state index contributed by atoms with van der Waals surface area (Å²) in [5.41, 5.74) is 0.545. The predicted octanol–water partition coefficient (Wildman–Crippen LogP) is 3.49. The number of aryl methyl sites for hydroxylation is 1. The molecule has 1 aliphatic rings. The Hall–Kier alpha value is -1.63. The summed E-state index contributed by atoms with van der Waals surface area (Å²) in [4.78, 5) is 19.4. The Morgan fingerprint density at radius 2 is 1.96 bits per heavy atom. The maximum atomic E-state index is 13.1. The average molecular weight is 396 g/mol. The van der Waals surface area contributed by atoms with Gasteiger partial charge in [0, 0.05) is 12.6 Å². The fraction of sp³-hybridized carbons (Fsp3) is 0.500. The lowest BCUT2D eigenvalue weighted by atomic mass is 10.0. The second kappa shape index (κ2) is 8.37. The van der Waals surface area contributed by atoms with Gasteiger partial charge in [0.25, 0.3) is 5.91 Å². The van der Waals surface area contributed by atoms with Crippen LogP contribution in [0.3, 0.4) is 0 Å². The van der Waals surface area contributed by atoms with Crippen LogP contribution < -0.4 is 5.32 Å². The van der Waals surface area contributed by atoms with Gasteiger partial charge in [-0.05, 0) is 51.4 Å². The molecule has 0 atom stereocenters. The van der Waals surface area contributed by atoms with E-state index in [9.17, 15) is 4.79 Å². The van der Waals surface area contributed by atoms with E-state index < -0.39 is 0 Å². The second-order valence-corrected chi connectivity index (χ2v) is 7.26. The highest BCUT2D eigenvalue weighted by molar-refractivity contribution is 6.37. The summed E-state index contributed by atoms with van der Waals surface area (Å²) in [7, 11) is 0. The van der Waals surface area contributed by atoms with E-state index in [2.05, 4.69) is 22.3 Å². The summed E-state index contributed by atoms with van der Waals surface area (Å²) in [5, 5.41) is 8.70. The number of rotatable bonds is 5. The molecule has 2 aromatic rings. The topological polar surface area (TPSA) is 63.1 Å². The Labute approximate surface area is 163 Å². The van der Waals surface area contributed by atoms with E-state index >= 15 is 0 Å². The van der Waals surface area contributed by atoms with Gasteiger partial charge in [-0.25, -0.2) is 9.67 Å². The molecule has 0 aliphatic carbocycles. The molecule has 0 unspecified atom stereocenters. The minimum absolute atomic E-state index is 0.135. The molecular formula is C18H23Cl2N5O. The number of para-hydroxylation sites is 1. The van der Waals surface area contributed by atoms with Crippen LogP contribution in [0.5, 0.6) is 0 Å². The zero-order valence-corrected chi connectivity index (χ0v) is 16.5. The Kier molecular flexibility index (Phi) is 6.16. The highest BCUT2D eigenvalue weighted by Crippen LogP contribution is 2.28. The molecule has 0 bridgehead atoms. The van der Waals surface area contributed by atoms with Gasteiger partial charge in [0.1, 0.15) is 11.5 Å². The molecule has 140 valence electrons. The van der Waals surface area contributed by atoms with Gasteiger partial charge in [0.15, 0.2) is 0 Å². The minimum atomic E-state index is -0.135. The quantitative estimate of drug-likeness (QED) is 0.841. The highest BCUT2D eigenvalue weighted by Gasteiger charge is 2.29. The maximum Gasteiger partial charge on any atom is 0.293 e. The van der Waals surface area contributed by atoms with E-state index in [0.717, 1.165) is 32.4 Å². The van der Waals surface area contributed by atoms with E-state index in [1.54, 1.807) is 29.8 Å². The predicted molar refractivity (Wildman–Crippen MR) is 103 cm³/mol. The largest absolute Gasteiger partial charge is 0.333 e. The van der Waals surface area contributed by atoms with Crippen molar-refractivity contribution in [2.24, 2.45) is 0 Å². The molecule has 2 heterocycles. The molecule has 1 aromatic carbocycles. The molecule has 1 amide bonds. The Morgan fingerprint density at radius 3 is 2.58 bits per heavy atom. The van der Waals surface area contributed by atoms with Crippen molar-refractivity contribution in [3.8, 4) is 5.69 Å². The number of halogens is 2. The van der Waals surface area contributed by atoms with Crippen molar-refractivity contribution in [2.45, 2.75) is 39.2 Å². The van der Waals surface area contributed by atoms with Crippen LogP contribution in [0.25, 0.3) is 5.69 Å². The fourth-order valence-corrected chi connectivity index (χ4v) is 3.88. The number of nitrogens with zero attached hydrogens (tertiary/aromatic N) is 4. The molecule has 3 rings (SSSR count). The summed E-state index contributed by atoms with van der Waals surface area (Å²) in [6, 6.07) is 5.47. The van der Waals surface area contributed by atoms with Gasteiger partial charge in [0.2, 0.25) is 5.82 Å². The number of nitrogens with one attached hydrogen (secondary N) is 1. The number of hydrogen-bond donors (Lipinski definition) is 1. The zero-order chi connectivity index (χ0) is 18.7. The van der Waals surface area contributed by atoms with Crippen LogP contribution in [0.15, 0.2) is 18.2 Å². The monoisotopic (exact) mass is 395 g/mol. The van der Waals surface area contributed by atoms with Gasteiger partial charge in [-0.15, -0.1) is 5.10 Å². The number of benzene rings is 1. The summed E-state index contributed by atoms with van der Waals surface area (Å²) in [6.07, 6.45) is 2.79. The van der Waals surface area contributed by atoms with E-state index in [4.69, 9.17) is 23.2 Å². The smallest absolute Gasteiger partial charge is 0.293 e. The van der Waals surface area contributed by atoms with Crippen LogP contribution >= 0.6 is 23.2 Å². The third-order valence-electron chi connectivity index (χ3n) is 4.58. The second-order valence-electron chi connectivity index (χ2n) is 6.44. The Balaban J connectivity index is 1.92. The van der Waals surface area contributed by atoms with Crippen molar-refractivity contribution in [2.75, 3.05) is 19.6 Å². The zero-order valence-electron chi connectivity index (χ0n) is 15.0. The molecule has 1 saturated heterocycles. The van der Waals surface area contributed by atoms with Crippen LogP contribution in [-0.2, 0) is 0 Å². The Bertz CT molecular complexity index is 766. The lowest BCUT2D eigenvalue weighted by Crippen LogP contribution is -2.46. The summed E-state index contributed by atoms with van der Waals surface area (Å²) in [5.74, 6) is 0.624. The van der Waals surface area contributed by atoms with Gasteiger partial charge in [0.05, 0.1) is 10.0 Å². The molecular weight excluding hydrogens is 373 g/mol. The number of carbonyl (C=O) groups excluding carboxylic acids is 1. The number of amides is 1. The van der Waals surface area contributed by atoms with Gasteiger partial charge in [-0.3, -0.25) is 4.79 Å². The Morgan fingerprint density at radius 1 is 1.31 bits per heavy atom. The SMILES string of the molecule is CCCN(C(=O)c1nc(C)n(-c2c(Cl)cccc2Cl)n1)C1CCNCC1. The number of aromatic nitrogens is 3. The molecule has 1 aliphatic heterocycles. The molecule has 1 aromatic heterocycles. The van der Waals surface area contributed by atoms with Gasteiger partial charge in [-0.1, -0.05) is 36.2 Å². The van der Waals surface area contributed by atoms with E-state index in [-0.39, 0.29) is 17.8 Å². The standard InChI is InChI=1S/C18H23Cl2N5O/c1-3-11-24(13-7-9-21-10-8-13)18(26)17-22-12(2)25(23-17)16-14(19)5-4-6-15(16)20/h4-6,13,21H,3,7-11H2,1-2H3. The van der Waals surface area contributed by atoms with Crippen molar-refractivity contribution in [1.29, 1.82) is 0 Å². The van der Waals surface area contributed by atoms with E-state index in [1.807, 2.05) is 4.90 Å². The van der Waals surface area contributed by atoms with Gasteiger partial charge in [-0.2, -0.15) is 0 Å². The first kappa shape index (κ1) is 19.1.